The number of rotatable bonds is 12. The van der Waals surface area contributed by atoms with Crippen molar-refractivity contribution in [3.63, 3.8) is 0 Å². The van der Waals surface area contributed by atoms with Gasteiger partial charge in [0, 0.05) is 19.5 Å². The Bertz CT molecular complexity index is 1250. The molecular formula is C22H31N7O5S2. The number of nitrogens with two attached hydrogens (primary N) is 1. The van der Waals surface area contributed by atoms with E-state index in [1.54, 1.807) is 26.0 Å². The Kier molecular flexibility index (Phi) is 8.76. The fourth-order valence-corrected chi connectivity index (χ4v) is 6.48. The van der Waals surface area contributed by atoms with Crippen LogP contribution in [0, 0.1) is 20.8 Å². The predicted molar refractivity (Wildman–Crippen MR) is 136 cm³/mol. The van der Waals surface area contributed by atoms with E-state index in [9.17, 15) is 23.1 Å². The van der Waals surface area contributed by atoms with E-state index < -0.39 is 33.9 Å². The lowest BCUT2D eigenvalue weighted by Crippen LogP contribution is -2.62. The molecule has 0 bridgehead atoms. The largest absolute Gasteiger partial charge is 0.479 e. The van der Waals surface area contributed by atoms with Gasteiger partial charge in [-0.25, -0.2) is 13.2 Å². The number of aromatic nitrogens is 2. The molecule has 2 aromatic rings. The number of aryl methyl sites for hydroxylation is 4. The molecule has 14 heteroatoms. The van der Waals surface area contributed by atoms with E-state index in [-0.39, 0.29) is 9.90 Å². The van der Waals surface area contributed by atoms with Crippen LogP contribution in [0.5, 0.6) is 0 Å². The lowest BCUT2D eigenvalue weighted by atomic mass is 10.1. The molecule has 1 atom stereocenters. The Morgan fingerprint density at radius 3 is 2.50 bits per heavy atom. The summed E-state index contributed by atoms with van der Waals surface area (Å²) in [6.07, 6.45) is 1.43. The molecular weight excluding hydrogens is 506 g/mol. The average Bonchev–Trinajstić information content (AvgIpc) is 3.44. The lowest BCUT2D eigenvalue weighted by Gasteiger charge is -2.25. The normalized spacial score (nSPS) is 15.2. The van der Waals surface area contributed by atoms with Crippen molar-refractivity contribution >= 4 is 39.1 Å². The van der Waals surface area contributed by atoms with Gasteiger partial charge in [-0.1, -0.05) is 29.0 Å². The van der Waals surface area contributed by atoms with Crippen molar-refractivity contribution in [1.82, 2.24) is 25.6 Å². The van der Waals surface area contributed by atoms with Gasteiger partial charge in [0.15, 0.2) is 22.4 Å². The molecule has 2 heterocycles. The number of aliphatic carboxylic acids is 1. The lowest BCUT2D eigenvalue weighted by molar-refractivity contribution is -0.143. The highest BCUT2D eigenvalue weighted by Crippen LogP contribution is 2.24. The van der Waals surface area contributed by atoms with Crippen LogP contribution in [0.2, 0.25) is 0 Å². The van der Waals surface area contributed by atoms with E-state index in [2.05, 4.69) is 25.8 Å². The summed E-state index contributed by atoms with van der Waals surface area (Å²) >= 11 is 1.04. The Labute approximate surface area is 213 Å². The van der Waals surface area contributed by atoms with Crippen molar-refractivity contribution < 1.29 is 23.1 Å². The van der Waals surface area contributed by atoms with Gasteiger partial charge < -0.3 is 21.5 Å². The molecule has 196 valence electrons. The molecule has 0 amide bonds. The molecule has 0 radical (unpaired) electrons. The standard InChI is InChI=1S/C22H31N7O5S2/c1-13-10-14(2)18(15(3)11-13)36(33,34)29-22(23,20(31)32)12-16(30)19-28-27-17(35-19)6-4-5-7-24-21-25-8-9-26-21/h10-11,29H,4-9,12,23H2,1-3H3,(H,31,32)(H2,24,25,26)/t22-/m0/s1. The molecule has 6 N–H and O–H groups in total. The summed E-state index contributed by atoms with van der Waals surface area (Å²) in [5.74, 6) is -1.60. The molecule has 0 fully saturated rings. The molecule has 0 spiro atoms. The van der Waals surface area contributed by atoms with Crippen LogP contribution in [0.4, 0.5) is 0 Å². The number of benzene rings is 1. The van der Waals surface area contributed by atoms with Gasteiger partial charge in [-0.2, -0.15) is 4.72 Å². The number of nitrogens with zero attached hydrogens (tertiary/aromatic N) is 3. The number of carbonyl (C=O) groups excluding carboxylic acids is 1. The van der Waals surface area contributed by atoms with Gasteiger partial charge in [-0.05, 0) is 44.7 Å². The molecule has 0 unspecified atom stereocenters. The van der Waals surface area contributed by atoms with Crippen LogP contribution in [-0.4, -0.2) is 66.7 Å². The number of Topliss-reactive ketones (excluding diaryl/α,β-unsaturated/α-hetero) is 1. The van der Waals surface area contributed by atoms with E-state index in [0.717, 1.165) is 55.3 Å². The smallest absolute Gasteiger partial charge is 0.340 e. The first-order valence-electron chi connectivity index (χ1n) is 11.4. The van der Waals surface area contributed by atoms with Gasteiger partial charge in [0.05, 0.1) is 17.9 Å². The Hall–Kier alpha value is -2.94. The number of nitrogens with one attached hydrogen (secondary N) is 3. The quantitative estimate of drug-likeness (QED) is 0.146. The van der Waals surface area contributed by atoms with Gasteiger partial charge in [0.2, 0.25) is 10.0 Å². The van der Waals surface area contributed by atoms with E-state index in [1.165, 1.54) is 0 Å². The minimum absolute atomic E-state index is 0.0226. The summed E-state index contributed by atoms with van der Waals surface area (Å²) in [6, 6.07) is 3.34. The SMILES string of the molecule is Cc1cc(C)c(S(=O)(=O)N[C@@](N)(CC(=O)c2nnc(CCCCNC3=NCCN3)s2)C(=O)O)c(C)c1. The van der Waals surface area contributed by atoms with Crippen LogP contribution in [0.1, 0.15) is 50.8 Å². The van der Waals surface area contributed by atoms with Crippen LogP contribution >= 0.6 is 11.3 Å². The van der Waals surface area contributed by atoms with Crippen LogP contribution in [-0.2, 0) is 21.2 Å². The van der Waals surface area contributed by atoms with E-state index in [4.69, 9.17) is 5.73 Å². The molecule has 1 aromatic carbocycles. The number of carbonyl (C=O) groups is 2. The molecule has 12 nitrogen and oxygen atoms in total. The second-order valence-electron chi connectivity index (χ2n) is 8.75. The molecule has 3 rings (SSSR count). The first kappa shape index (κ1) is 27.6. The number of hydrogen-bond donors (Lipinski definition) is 5. The second kappa shape index (κ2) is 11.4. The molecule has 1 aliphatic heterocycles. The van der Waals surface area contributed by atoms with Crippen molar-refractivity contribution in [2.24, 2.45) is 10.7 Å². The number of ketones is 1. The summed E-state index contributed by atoms with van der Waals surface area (Å²) < 4.78 is 28.2. The van der Waals surface area contributed by atoms with Gasteiger partial charge in [-0.15, -0.1) is 10.2 Å². The highest BCUT2D eigenvalue weighted by atomic mass is 32.2. The summed E-state index contributed by atoms with van der Waals surface area (Å²) in [4.78, 5) is 29.0. The molecule has 1 aliphatic rings. The van der Waals surface area contributed by atoms with Crippen molar-refractivity contribution in [3.05, 3.63) is 38.8 Å². The summed E-state index contributed by atoms with van der Waals surface area (Å²) in [6.45, 7) is 7.38. The minimum Gasteiger partial charge on any atom is -0.479 e. The number of unbranched alkanes of at least 4 members (excludes halogenated alkanes) is 1. The third-order valence-corrected chi connectivity index (χ3v) is 8.34. The average molecular weight is 538 g/mol. The maximum Gasteiger partial charge on any atom is 0.340 e. The Morgan fingerprint density at radius 1 is 1.19 bits per heavy atom. The third kappa shape index (κ3) is 6.84. The number of hydrogen-bond acceptors (Lipinski definition) is 11. The van der Waals surface area contributed by atoms with E-state index in [0.29, 0.717) is 22.6 Å². The van der Waals surface area contributed by atoms with Crippen molar-refractivity contribution in [2.75, 3.05) is 19.6 Å². The number of sulfonamides is 1. The summed E-state index contributed by atoms with van der Waals surface area (Å²) in [5, 5.41) is 24.5. The molecule has 0 aliphatic carbocycles. The second-order valence-corrected chi connectivity index (χ2v) is 11.4. The van der Waals surface area contributed by atoms with Crippen LogP contribution in [0.3, 0.4) is 0 Å². The van der Waals surface area contributed by atoms with Crippen molar-refractivity contribution in [2.45, 2.75) is 57.0 Å². The highest BCUT2D eigenvalue weighted by Gasteiger charge is 2.42. The predicted octanol–water partition coefficient (Wildman–Crippen LogP) is 0.626. The summed E-state index contributed by atoms with van der Waals surface area (Å²) in [7, 11) is -4.35. The minimum atomic E-state index is -4.35. The van der Waals surface area contributed by atoms with Crippen LogP contribution in [0.15, 0.2) is 22.0 Å². The number of aliphatic imine (C=N–C) groups is 1. The van der Waals surface area contributed by atoms with E-state index >= 15 is 0 Å². The molecule has 0 saturated heterocycles. The number of guanidine groups is 1. The maximum atomic E-state index is 13.1. The Morgan fingerprint density at radius 2 is 1.89 bits per heavy atom. The number of carboxylic acid groups (broad SMARTS) is 1. The van der Waals surface area contributed by atoms with E-state index in [1.807, 2.05) is 11.6 Å². The summed E-state index contributed by atoms with van der Waals surface area (Å²) in [5.41, 5.74) is 5.11. The topological polar surface area (TPSA) is 189 Å². The van der Waals surface area contributed by atoms with Crippen molar-refractivity contribution in [3.8, 4) is 0 Å². The van der Waals surface area contributed by atoms with Crippen LogP contribution in [0.25, 0.3) is 0 Å². The van der Waals surface area contributed by atoms with Gasteiger partial charge in [0.25, 0.3) is 0 Å². The fraction of sp³-hybridized carbons (Fsp3) is 0.500. The molecule has 0 saturated carbocycles. The van der Waals surface area contributed by atoms with Crippen LogP contribution < -0.4 is 21.1 Å². The first-order valence-corrected chi connectivity index (χ1v) is 13.7. The zero-order valence-corrected chi connectivity index (χ0v) is 22.1. The monoisotopic (exact) mass is 537 g/mol. The zero-order valence-electron chi connectivity index (χ0n) is 20.4. The van der Waals surface area contributed by atoms with Gasteiger partial charge in [0.1, 0.15) is 5.01 Å². The van der Waals surface area contributed by atoms with Crippen molar-refractivity contribution in [1.29, 1.82) is 0 Å². The Balaban J connectivity index is 1.63. The zero-order chi connectivity index (χ0) is 26.5. The third-order valence-electron chi connectivity index (χ3n) is 5.50. The van der Waals surface area contributed by atoms with Gasteiger partial charge in [-0.3, -0.25) is 9.79 Å². The number of carboxylic acids is 1. The molecule has 36 heavy (non-hydrogen) atoms. The fourth-order valence-electron chi connectivity index (χ4n) is 3.96. The maximum absolute atomic E-state index is 13.1. The van der Waals surface area contributed by atoms with Gasteiger partial charge >= 0.3 is 5.97 Å². The highest BCUT2D eigenvalue weighted by molar-refractivity contribution is 7.89. The first-order chi connectivity index (χ1) is 16.9. The molecule has 1 aromatic heterocycles.